The number of hydrogen-bond donors (Lipinski definition) is 0. The van der Waals surface area contributed by atoms with Gasteiger partial charge in [0.15, 0.2) is 0 Å². The maximum atomic E-state index is 12.5. The molecular weight excluding hydrogens is 358 g/mol. The van der Waals surface area contributed by atoms with Crippen molar-refractivity contribution >= 4 is 48.9 Å². The van der Waals surface area contributed by atoms with Gasteiger partial charge < -0.3 is 0 Å². The van der Waals surface area contributed by atoms with Crippen LogP contribution in [0.15, 0.2) is 14.7 Å². The van der Waals surface area contributed by atoms with Crippen molar-refractivity contribution in [1.29, 1.82) is 0 Å². The van der Waals surface area contributed by atoms with Crippen molar-refractivity contribution in [3.05, 3.63) is 14.7 Å². The molecule has 1 aromatic heterocycles. The zero-order chi connectivity index (χ0) is 13.5. The fraction of sp³-hybridized carbons (Fsp3) is 0.636. The number of nitrogens with zero attached hydrogens (tertiary/aromatic N) is 1. The van der Waals surface area contributed by atoms with E-state index in [1.54, 1.807) is 6.07 Å². The van der Waals surface area contributed by atoms with Crippen LogP contribution < -0.4 is 0 Å². The molecule has 0 spiro atoms. The Morgan fingerprint density at radius 3 is 2.72 bits per heavy atom. The van der Waals surface area contributed by atoms with Crippen molar-refractivity contribution in [2.45, 2.75) is 30.5 Å². The Morgan fingerprint density at radius 1 is 1.56 bits per heavy atom. The Bertz CT molecular complexity index is 543. The van der Waals surface area contributed by atoms with Gasteiger partial charge >= 0.3 is 0 Å². The molecule has 2 heterocycles. The van der Waals surface area contributed by atoms with Crippen LogP contribution in [0.1, 0.15) is 18.2 Å². The van der Waals surface area contributed by atoms with Crippen molar-refractivity contribution in [2.24, 2.45) is 5.92 Å². The molecule has 1 aliphatic rings. The van der Waals surface area contributed by atoms with E-state index in [9.17, 15) is 8.42 Å². The van der Waals surface area contributed by atoms with Gasteiger partial charge in [0, 0.05) is 23.3 Å². The second-order valence-electron chi connectivity index (χ2n) is 4.62. The van der Waals surface area contributed by atoms with Gasteiger partial charge in [0.25, 0.3) is 0 Å². The standard InChI is InChI=1S/C11H15BrClNO2S2/c1-7-3-4-14(6-9(7)13)18(15,16)10-5-11(12)17-8(10)2/h5,7,9H,3-4,6H2,1-2H3. The van der Waals surface area contributed by atoms with Gasteiger partial charge in [0.2, 0.25) is 10.0 Å². The lowest BCUT2D eigenvalue weighted by Crippen LogP contribution is -2.43. The highest BCUT2D eigenvalue weighted by molar-refractivity contribution is 9.11. The maximum absolute atomic E-state index is 12.5. The van der Waals surface area contributed by atoms with Crippen LogP contribution in [-0.2, 0) is 10.0 Å². The Kier molecular flexibility index (Phi) is 4.44. The first-order valence-electron chi connectivity index (χ1n) is 5.72. The Labute approximate surface area is 125 Å². The highest BCUT2D eigenvalue weighted by atomic mass is 79.9. The van der Waals surface area contributed by atoms with Gasteiger partial charge in [-0.3, -0.25) is 0 Å². The molecule has 18 heavy (non-hydrogen) atoms. The summed E-state index contributed by atoms with van der Waals surface area (Å²) >= 11 is 11.0. The Balaban J connectivity index is 2.29. The molecule has 0 radical (unpaired) electrons. The summed E-state index contributed by atoms with van der Waals surface area (Å²) in [4.78, 5) is 1.21. The van der Waals surface area contributed by atoms with E-state index in [2.05, 4.69) is 22.9 Å². The Morgan fingerprint density at radius 2 is 2.22 bits per heavy atom. The average molecular weight is 373 g/mol. The monoisotopic (exact) mass is 371 g/mol. The first kappa shape index (κ1) is 14.8. The maximum Gasteiger partial charge on any atom is 0.244 e. The summed E-state index contributed by atoms with van der Waals surface area (Å²) < 4.78 is 27.4. The predicted octanol–water partition coefficient (Wildman–Crippen LogP) is 3.46. The third-order valence-electron chi connectivity index (χ3n) is 3.29. The normalized spacial score (nSPS) is 26.4. The van der Waals surface area contributed by atoms with Crippen LogP contribution in [0.3, 0.4) is 0 Å². The number of hydrogen-bond acceptors (Lipinski definition) is 3. The molecule has 1 fully saturated rings. The molecule has 2 rings (SSSR count). The molecule has 0 aromatic carbocycles. The molecule has 0 saturated carbocycles. The summed E-state index contributed by atoms with van der Waals surface area (Å²) in [6, 6.07) is 1.68. The number of rotatable bonds is 2. The van der Waals surface area contributed by atoms with Crippen molar-refractivity contribution < 1.29 is 8.42 Å². The molecule has 0 bridgehead atoms. The van der Waals surface area contributed by atoms with E-state index in [4.69, 9.17) is 11.6 Å². The van der Waals surface area contributed by atoms with Gasteiger partial charge in [0.05, 0.1) is 8.68 Å². The zero-order valence-corrected chi connectivity index (χ0v) is 14.2. The molecule has 3 nitrogen and oxygen atoms in total. The number of thiophene rings is 1. The van der Waals surface area contributed by atoms with Crippen LogP contribution in [0.2, 0.25) is 0 Å². The fourth-order valence-electron chi connectivity index (χ4n) is 2.04. The largest absolute Gasteiger partial charge is 0.244 e. The van der Waals surface area contributed by atoms with Gasteiger partial charge in [-0.05, 0) is 41.3 Å². The lowest BCUT2D eigenvalue weighted by atomic mass is 10.0. The van der Waals surface area contributed by atoms with Crippen LogP contribution >= 0.6 is 38.9 Å². The third kappa shape index (κ3) is 2.77. The van der Waals surface area contributed by atoms with Gasteiger partial charge in [-0.2, -0.15) is 4.31 Å². The molecule has 0 N–H and O–H groups in total. The number of alkyl halides is 1. The van der Waals surface area contributed by atoms with Crippen LogP contribution in [0, 0.1) is 12.8 Å². The van der Waals surface area contributed by atoms with E-state index in [0.29, 0.717) is 23.9 Å². The summed E-state index contributed by atoms with van der Waals surface area (Å²) in [5.41, 5.74) is 0. The molecule has 1 aliphatic heterocycles. The first-order chi connectivity index (χ1) is 8.32. The summed E-state index contributed by atoms with van der Waals surface area (Å²) in [6.45, 7) is 4.85. The molecular formula is C11H15BrClNO2S2. The van der Waals surface area contributed by atoms with Crippen LogP contribution in [0.5, 0.6) is 0 Å². The number of sulfonamides is 1. The number of halogens is 2. The molecule has 2 atom stereocenters. The quantitative estimate of drug-likeness (QED) is 0.746. The van der Waals surface area contributed by atoms with Crippen molar-refractivity contribution in [1.82, 2.24) is 4.31 Å². The van der Waals surface area contributed by atoms with E-state index in [1.807, 2.05) is 6.92 Å². The summed E-state index contributed by atoms with van der Waals surface area (Å²) in [6.07, 6.45) is 0.817. The molecule has 1 aromatic rings. The molecule has 2 unspecified atom stereocenters. The lowest BCUT2D eigenvalue weighted by Gasteiger charge is -2.33. The zero-order valence-electron chi connectivity index (χ0n) is 10.2. The highest BCUT2D eigenvalue weighted by Crippen LogP contribution is 2.33. The molecule has 0 amide bonds. The van der Waals surface area contributed by atoms with Gasteiger partial charge in [-0.15, -0.1) is 22.9 Å². The smallest absolute Gasteiger partial charge is 0.207 e. The SMILES string of the molecule is Cc1sc(Br)cc1S(=O)(=O)N1CCC(C)C(Cl)C1. The summed E-state index contributed by atoms with van der Waals surface area (Å²) in [7, 11) is -3.40. The molecule has 102 valence electrons. The average Bonchev–Trinajstić information content (AvgIpc) is 2.62. The fourth-order valence-corrected chi connectivity index (χ4v) is 6.28. The summed E-state index contributed by atoms with van der Waals surface area (Å²) in [5, 5.41) is -0.101. The van der Waals surface area contributed by atoms with Gasteiger partial charge in [-0.25, -0.2) is 8.42 Å². The molecule has 1 saturated heterocycles. The minimum absolute atomic E-state index is 0.101. The first-order valence-corrected chi connectivity index (χ1v) is 9.21. The van der Waals surface area contributed by atoms with E-state index >= 15 is 0 Å². The highest BCUT2D eigenvalue weighted by Gasteiger charge is 2.34. The van der Waals surface area contributed by atoms with Crippen molar-refractivity contribution in [2.75, 3.05) is 13.1 Å². The third-order valence-corrected chi connectivity index (χ3v) is 7.53. The molecule has 0 aliphatic carbocycles. The second-order valence-corrected chi connectivity index (χ2v) is 9.72. The predicted molar refractivity (Wildman–Crippen MR) is 78.9 cm³/mol. The minimum Gasteiger partial charge on any atom is -0.207 e. The van der Waals surface area contributed by atoms with E-state index in [-0.39, 0.29) is 5.38 Å². The Hall–Kier alpha value is 0.380. The lowest BCUT2D eigenvalue weighted by molar-refractivity contribution is 0.293. The summed E-state index contributed by atoms with van der Waals surface area (Å²) in [5.74, 6) is 0.369. The second kappa shape index (κ2) is 5.40. The topological polar surface area (TPSA) is 37.4 Å². The van der Waals surface area contributed by atoms with Crippen molar-refractivity contribution in [3.8, 4) is 0 Å². The van der Waals surface area contributed by atoms with Crippen molar-refractivity contribution in [3.63, 3.8) is 0 Å². The van der Waals surface area contributed by atoms with Gasteiger partial charge in [-0.1, -0.05) is 6.92 Å². The van der Waals surface area contributed by atoms with Crippen LogP contribution in [0.25, 0.3) is 0 Å². The number of piperidine rings is 1. The van der Waals surface area contributed by atoms with Crippen LogP contribution in [0.4, 0.5) is 0 Å². The molecule has 7 heteroatoms. The van der Waals surface area contributed by atoms with Crippen LogP contribution in [-0.4, -0.2) is 31.2 Å². The number of aryl methyl sites for hydroxylation is 1. The van der Waals surface area contributed by atoms with Gasteiger partial charge in [0.1, 0.15) is 0 Å². The minimum atomic E-state index is -3.40. The van der Waals surface area contributed by atoms with E-state index in [0.717, 1.165) is 15.1 Å². The van der Waals surface area contributed by atoms with E-state index in [1.165, 1.54) is 15.6 Å². The van der Waals surface area contributed by atoms with E-state index < -0.39 is 10.0 Å².